The van der Waals surface area contributed by atoms with Crippen LogP contribution in [0.2, 0.25) is 0 Å². The number of hydroxylamine groups is 2. The Hall–Kier alpha value is -3.43. The van der Waals surface area contributed by atoms with Gasteiger partial charge in [0.15, 0.2) is 0 Å². The maximum Gasteiger partial charge on any atom is 0.525 e. The van der Waals surface area contributed by atoms with Crippen LogP contribution in [-0.4, -0.2) is 43.3 Å². The summed E-state index contributed by atoms with van der Waals surface area (Å²) in [7, 11) is -6.25. The normalized spacial score (nSPS) is 13.6. The molecule has 1 aliphatic rings. The summed E-state index contributed by atoms with van der Waals surface area (Å²) in [6.45, 7) is 2.10. The van der Waals surface area contributed by atoms with Crippen LogP contribution in [0.3, 0.4) is 0 Å². The maximum atomic E-state index is 12.7. The molecule has 0 radical (unpaired) electrons. The van der Waals surface area contributed by atoms with Crippen molar-refractivity contribution in [3.63, 3.8) is 0 Å². The van der Waals surface area contributed by atoms with Crippen molar-refractivity contribution in [2.75, 3.05) is 6.54 Å². The molecule has 12 heteroatoms. The summed E-state index contributed by atoms with van der Waals surface area (Å²) < 4.78 is 64.6. The molecule has 0 unspecified atom stereocenters. The van der Waals surface area contributed by atoms with Gasteiger partial charge in [-0.05, 0) is 30.0 Å². The van der Waals surface area contributed by atoms with Gasteiger partial charge in [-0.15, -0.1) is 9.35 Å². The van der Waals surface area contributed by atoms with E-state index in [1.807, 2.05) is 6.92 Å². The lowest BCUT2D eigenvalue weighted by atomic mass is 9.92. The molecule has 3 amide bonds. The number of nitrogens with one attached hydrogen (secondary N) is 1. The number of hydrogen-bond donors (Lipinski definition) is 1. The molecule has 1 aliphatic heterocycles. The number of benzene rings is 2. The molecule has 2 aromatic carbocycles. The van der Waals surface area contributed by atoms with Gasteiger partial charge < -0.3 is 5.32 Å². The van der Waals surface area contributed by atoms with Gasteiger partial charge in [0.05, 0.1) is 17.7 Å². The van der Waals surface area contributed by atoms with Gasteiger partial charge in [0, 0.05) is 17.4 Å². The van der Waals surface area contributed by atoms with E-state index in [2.05, 4.69) is 21.4 Å². The summed E-state index contributed by atoms with van der Waals surface area (Å²) in [5, 5.41) is 2.72. The second kappa shape index (κ2) is 9.82. The van der Waals surface area contributed by atoms with Gasteiger partial charge in [0.1, 0.15) is 0 Å². The topological polar surface area (TPSA) is 110 Å². The summed E-state index contributed by atoms with van der Waals surface area (Å²) in [6, 6.07) is 6.81. The number of nitrogens with zero attached hydrogens (tertiary/aromatic N) is 1. The molecule has 0 bridgehead atoms. The lowest BCUT2D eigenvalue weighted by Crippen LogP contribution is -2.44. The molecule has 0 saturated heterocycles. The first-order valence-corrected chi connectivity index (χ1v) is 11.6. The van der Waals surface area contributed by atoms with Gasteiger partial charge in [-0.2, -0.15) is 21.6 Å². The molecule has 180 valence electrons. The summed E-state index contributed by atoms with van der Waals surface area (Å²) in [4.78, 5) is 37.0. The van der Waals surface area contributed by atoms with Gasteiger partial charge >= 0.3 is 15.6 Å². The highest BCUT2D eigenvalue weighted by Gasteiger charge is 2.51. The third-order valence-electron chi connectivity index (χ3n) is 4.93. The summed E-state index contributed by atoms with van der Waals surface area (Å²) in [5.74, 6) is 2.76. The SMILES string of the molecule is CCCCCC(=O)NCC#Cc1ccc2c3c(cccc13)C(=O)N(OS(=O)(=O)C(F)(F)F)C2=O. The maximum absolute atomic E-state index is 12.7. The van der Waals surface area contributed by atoms with Crippen LogP contribution in [0.25, 0.3) is 10.8 Å². The number of imide groups is 1. The van der Waals surface area contributed by atoms with E-state index in [1.54, 1.807) is 6.07 Å². The largest absolute Gasteiger partial charge is 0.525 e. The molecule has 0 saturated carbocycles. The average molecular weight is 496 g/mol. The van der Waals surface area contributed by atoms with Crippen molar-refractivity contribution in [3.8, 4) is 11.8 Å². The highest BCUT2D eigenvalue weighted by Crippen LogP contribution is 2.34. The standard InChI is InChI=1S/C22H19F3N2O6S/c1-2-3-4-10-18(28)26-13-6-7-14-11-12-17-19-15(14)8-5-9-16(19)20(29)27(21(17)30)33-34(31,32)22(23,24)25/h5,8-9,11-12H,2-4,10,13H2,1H3,(H,26,28). The Morgan fingerprint density at radius 3 is 2.41 bits per heavy atom. The minimum atomic E-state index is -6.25. The molecule has 3 rings (SSSR count). The zero-order valence-electron chi connectivity index (χ0n) is 17.9. The zero-order valence-corrected chi connectivity index (χ0v) is 18.7. The first-order chi connectivity index (χ1) is 16.0. The van der Waals surface area contributed by atoms with Crippen LogP contribution < -0.4 is 5.32 Å². The Labute approximate surface area is 193 Å². The number of alkyl halides is 3. The molecular formula is C22H19F3N2O6S. The van der Waals surface area contributed by atoms with Crippen LogP contribution in [0.15, 0.2) is 30.3 Å². The van der Waals surface area contributed by atoms with E-state index in [1.165, 1.54) is 24.3 Å². The number of hydrogen-bond acceptors (Lipinski definition) is 6. The van der Waals surface area contributed by atoms with Crippen molar-refractivity contribution in [1.29, 1.82) is 0 Å². The number of halogens is 3. The molecule has 0 aromatic heterocycles. The quantitative estimate of drug-likeness (QED) is 0.273. The van der Waals surface area contributed by atoms with E-state index in [0.29, 0.717) is 17.4 Å². The first-order valence-electron chi connectivity index (χ1n) is 10.2. The number of amides is 3. The van der Waals surface area contributed by atoms with Crippen molar-refractivity contribution in [2.45, 2.75) is 38.1 Å². The Balaban J connectivity index is 1.88. The average Bonchev–Trinajstić information content (AvgIpc) is 2.77. The summed E-state index contributed by atoms with van der Waals surface area (Å²) >= 11 is 0. The third kappa shape index (κ3) is 5.05. The molecule has 2 aromatic rings. The van der Waals surface area contributed by atoms with E-state index in [-0.39, 0.29) is 29.0 Å². The number of unbranched alkanes of at least 4 members (excludes halogenated alkanes) is 2. The van der Waals surface area contributed by atoms with Crippen molar-refractivity contribution in [3.05, 3.63) is 47.0 Å². The monoisotopic (exact) mass is 496 g/mol. The number of carbonyl (C=O) groups is 3. The van der Waals surface area contributed by atoms with Crippen LogP contribution >= 0.6 is 0 Å². The minimum absolute atomic E-state index is 0.0721. The van der Waals surface area contributed by atoms with E-state index in [4.69, 9.17) is 0 Å². The molecule has 0 atom stereocenters. The molecule has 0 fully saturated rings. The fraction of sp³-hybridized carbons (Fsp3) is 0.318. The number of carbonyl (C=O) groups excluding carboxylic acids is 3. The molecule has 0 aliphatic carbocycles. The van der Waals surface area contributed by atoms with E-state index < -0.39 is 32.5 Å². The van der Waals surface area contributed by atoms with Crippen LogP contribution in [0.1, 0.15) is 58.9 Å². The predicted molar refractivity (Wildman–Crippen MR) is 115 cm³/mol. The van der Waals surface area contributed by atoms with Crippen LogP contribution in [0.4, 0.5) is 13.2 Å². The number of rotatable bonds is 7. The van der Waals surface area contributed by atoms with Crippen molar-refractivity contribution in [1.82, 2.24) is 10.4 Å². The van der Waals surface area contributed by atoms with E-state index in [9.17, 15) is 36.0 Å². The Morgan fingerprint density at radius 1 is 1.09 bits per heavy atom. The zero-order chi connectivity index (χ0) is 25.1. The second-order valence-corrected chi connectivity index (χ2v) is 8.82. The fourth-order valence-electron chi connectivity index (χ4n) is 3.30. The third-order valence-corrected chi connectivity index (χ3v) is 5.84. The van der Waals surface area contributed by atoms with Crippen molar-refractivity contribution >= 4 is 38.6 Å². The smallest absolute Gasteiger partial charge is 0.345 e. The van der Waals surface area contributed by atoms with E-state index in [0.717, 1.165) is 19.3 Å². The first kappa shape index (κ1) is 25.2. The Morgan fingerprint density at radius 2 is 1.76 bits per heavy atom. The van der Waals surface area contributed by atoms with Crippen LogP contribution in [-0.2, 0) is 19.2 Å². The van der Waals surface area contributed by atoms with Gasteiger partial charge in [-0.25, -0.2) is 0 Å². The molecule has 0 spiro atoms. The highest BCUT2D eigenvalue weighted by molar-refractivity contribution is 7.87. The van der Waals surface area contributed by atoms with Gasteiger partial charge in [-0.1, -0.05) is 43.7 Å². The van der Waals surface area contributed by atoms with Crippen molar-refractivity contribution < 1.29 is 40.3 Å². The van der Waals surface area contributed by atoms with Gasteiger partial charge in [0.2, 0.25) is 5.91 Å². The van der Waals surface area contributed by atoms with E-state index >= 15 is 0 Å². The van der Waals surface area contributed by atoms with Crippen LogP contribution in [0.5, 0.6) is 0 Å². The minimum Gasteiger partial charge on any atom is -0.345 e. The molecular weight excluding hydrogens is 477 g/mol. The van der Waals surface area contributed by atoms with Crippen molar-refractivity contribution in [2.24, 2.45) is 0 Å². The molecule has 1 N–H and O–H groups in total. The van der Waals surface area contributed by atoms with Gasteiger partial charge in [-0.3, -0.25) is 14.4 Å². The second-order valence-electron chi connectivity index (χ2n) is 7.30. The highest BCUT2D eigenvalue weighted by atomic mass is 32.2. The fourth-order valence-corrected chi connectivity index (χ4v) is 3.71. The molecule has 8 nitrogen and oxygen atoms in total. The predicted octanol–water partition coefficient (Wildman–Crippen LogP) is 3.27. The lowest BCUT2D eigenvalue weighted by Gasteiger charge is -2.25. The van der Waals surface area contributed by atoms with Crippen LogP contribution in [0, 0.1) is 11.8 Å². The molecule has 34 heavy (non-hydrogen) atoms. The Bertz CT molecular complexity index is 1300. The molecule has 1 heterocycles. The lowest BCUT2D eigenvalue weighted by molar-refractivity contribution is -0.120. The summed E-state index contributed by atoms with van der Waals surface area (Å²) in [6.07, 6.45) is 3.11. The Kier molecular flexibility index (Phi) is 7.28. The van der Waals surface area contributed by atoms with Gasteiger partial charge in [0.25, 0.3) is 11.8 Å². The summed E-state index contributed by atoms with van der Waals surface area (Å²) in [5.41, 5.74) is -5.88.